The van der Waals surface area contributed by atoms with Gasteiger partial charge in [-0.15, -0.1) is 0 Å². The van der Waals surface area contributed by atoms with Gasteiger partial charge >= 0.3 is 0 Å². The van der Waals surface area contributed by atoms with E-state index in [4.69, 9.17) is 0 Å². The van der Waals surface area contributed by atoms with Gasteiger partial charge in [-0.05, 0) is 77.6 Å². The quantitative estimate of drug-likeness (QED) is 0.157. The topological polar surface area (TPSA) is 0 Å². The highest BCUT2D eigenvalue weighted by atomic mass is 19.2. The predicted octanol–water partition coefficient (Wildman–Crippen LogP) is 9.36. The van der Waals surface area contributed by atoms with Crippen molar-refractivity contribution in [3.05, 3.63) is 107 Å². The average molecular weight is 479 g/mol. The molecule has 0 heterocycles. The predicted molar refractivity (Wildman–Crippen MR) is 136 cm³/mol. The molecule has 35 heavy (non-hydrogen) atoms. The minimum atomic E-state index is -0.902. The van der Waals surface area contributed by atoms with Gasteiger partial charge in [0.1, 0.15) is 11.6 Å². The third-order valence-electron chi connectivity index (χ3n) is 6.61. The van der Waals surface area contributed by atoms with Gasteiger partial charge in [-0.2, -0.15) is 0 Å². The summed E-state index contributed by atoms with van der Waals surface area (Å²) in [6, 6.07) is 17.9. The van der Waals surface area contributed by atoms with Crippen LogP contribution in [-0.2, 0) is 19.3 Å². The van der Waals surface area contributed by atoms with Crippen molar-refractivity contribution in [3.63, 3.8) is 0 Å². The van der Waals surface area contributed by atoms with Crippen molar-refractivity contribution in [1.29, 1.82) is 0 Å². The first kappa shape index (κ1) is 25.0. The second-order valence-corrected chi connectivity index (χ2v) is 9.20. The lowest BCUT2D eigenvalue weighted by Gasteiger charge is -2.11. The maximum atomic E-state index is 15.2. The highest BCUT2D eigenvalue weighted by molar-refractivity contribution is 5.88. The zero-order chi connectivity index (χ0) is 24.8. The summed E-state index contributed by atoms with van der Waals surface area (Å²) in [7, 11) is 0. The van der Waals surface area contributed by atoms with Crippen LogP contribution < -0.4 is 0 Å². The van der Waals surface area contributed by atoms with Gasteiger partial charge in [-0.1, -0.05) is 75.1 Å². The molecule has 4 rings (SSSR count). The van der Waals surface area contributed by atoms with Crippen LogP contribution in [0, 0.1) is 23.3 Å². The minimum Gasteiger partial charge on any atom is -0.206 e. The molecule has 0 nitrogen and oxygen atoms in total. The third-order valence-corrected chi connectivity index (χ3v) is 6.61. The molecule has 0 saturated carbocycles. The van der Waals surface area contributed by atoms with Gasteiger partial charge in [0, 0.05) is 10.9 Å². The molecule has 0 amide bonds. The Morgan fingerprint density at radius 1 is 0.571 bits per heavy atom. The number of rotatable bonds is 10. The van der Waals surface area contributed by atoms with E-state index < -0.39 is 11.6 Å². The number of benzene rings is 4. The Kier molecular flexibility index (Phi) is 8.22. The molecule has 0 fully saturated rings. The Bertz CT molecular complexity index is 1310. The number of halogens is 4. The van der Waals surface area contributed by atoms with Crippen LogP contribution in [0.3, 0.4) is 0 Å². The fraction of sp³-hybridized carbons (Fsp3) is 0.290. The fourth-order valence-corrected chi connectivity index (χ4v) is 4.55. The molecule has 4 aromatic rings. The lowest BCUT2D eigenvalue weighted by Crippen LogP contribution is -1.97. The van der Waals surface area contributed by atoms with Gasteiger partial charge in [-0.3, -0.25) is 0 Å². The van der Waals surface area contributed by atoms with Crippen LogP contribution in [0.2, 0.25) is 0 Å². The van der Waals surface area contributed by atoms with E-state index in [0.717, 1.165) is 37.0 Å². The van der Waals surface area contributed by atoms with E-state index in [1.807, 2.05) is 18.2 Å². The Labute approximate surface area is 204 Å². The summed E-state index contributed by atoms with van der Waals surface area (Å²) < 4.78 is 56.6. The number of fused-ring (bicyclic) bond motifs is 1. The van der Waals surface area contributed by atoms with Crippen molar-refractivity contribution < 1.29 is 17.6 Å². The molecule has 0 aliphatic carbocycles. The molecule has 182 valence electrons. The molecule has 0 aromatic heterocycles. The summed E-state index contributed by atoms with van der Waals surface area (Å²) in [6.07, 6.45) is 7.53. The van der Waals surface area contributed by atoms with Crippen molar-refractivity contribution in [2.45, 2.75) is 58.3 Å². The molecule has 0 aliphatic heterocycles. The van der Waals surface area contributed by atoms with Crippen LogP contribution in [0.15, 0.2) is 66.7 Å². The summed E-state index contributed by atoms with van der Waals surface area (Å²) in [5, 5.41) is 1.15. The maximum absolute atomic E-state index is 15.2. The summed E-state index contributed by atoms with van der Waals surface area (Å²) in [5.41, 5.74) is 3.33. The highest BCUT2D eigenvalue weighted by Crippen LogP contribution is 2.30. The molecule has 0 spiro atoms. The monoisotopic (exact) mass is 478 g/mol. The molecule has 0 atom stereocenters. The largest absolute Gasteiger partial charge is 0.206 e. The zero-order valence-corrected chi connectivity index (χ0v) is 20.0. The van der Waals surface area contributed by atoms with Crippen molar-refractivity contribution >= 4 is 10.8 Å². The average Bonchev–Trinajstić information content (AvgIpc) is 2.85. The number of hydrogen-bond acceptors (Lipinski definition) is 0. The van der Waals surface area contributed by atoms with Crippen LogP contribution in [0.5, 0.6) is 0 Å². The zero-order valence-electron chi connectivity index (χ0n) is 20.0. The molecular formula is C31H30F4. The first-order chi connectivity index (χ1) is 17.0. The molecule has 4 heteroatoms. The molecule has 0 radical (unpaired) electrons. The van der Waals surface area contributed by atoms with E-state index in [9.17, 15) is 13.2 Å². The summed E-state index contributed by atoms with van der Waals surface area (Å²) in [4.78, 5) is 0. The lowest BCUT2D eigenvalue weighted by atomic mass is 9.96. The Morgan fingerprint density at radius 3 is 2.09 bits per heavy atom. The normalized spacial score (nSPS) is 11.3. The molecule has 0 bridgehead atoms. The van der Waals surface area contributed by atoms with Crippen LogP contribution >= 0.6 is 0 Å². The maximum Gasteiger partial charge on any atom is 0.159 e. The lowest BCUT2D eigenvalue weighted by molar-refractivity contribution is 0.507. The molecule has 4 aromatic carbocycles. The summed E-state index contributed by atoms with van der Waals surface area (Å²) in [6.45, 7) is 2.19. The first-order valence-electron chi connectivity index (χ1n) is 12.4. The van der Waals surface area contributed by atoms with E-state index in [1.54, 1.807) is 30.3 Å². The van der Waals surface area contributed by atoms with Gasteiger partial charge in [0.25, 0.3) is 0 Å². The Morgan fingerprint density at radius 2 is 1.31 bits per heavy atom. The smallest absolute Gasteiger partial charge is 0.159 e. The minimum absolute atomic E-state index is 0.265. The molecule has 0 aliphatic rings. The van der Waals surface area contributed by atoms with Crippen molar-refractivity contribution in [3.8, 4) is 11.1 Å². The van der Waals surface area contributed by atoms with Gasteiger partial charge < -0.3 is 0 Å². The van der Waals surface area contributed by atoms with Gasteiger partial charge in [0.05, 0.1) is 0 Å². The van der Waals surface area contributed by atoms with Crippen LogP contribution in [-0.4, -0.2) is 0 Å². The van der Waals surface area contributed by atoms with E-state index >= 15 is 4.39 Å². The van der Waals surface area contributed by atoms with Crippen molar-refractivity contribution in [2.24, 2.45) is 0 Å². The number of hydrogen-bond donors (Lipinski definition) is 0. The number of unbranched alkanes of at least 4 members (excludes halogenated alkanes) is 4. The van der Waals surface area contributed by atoms with Crippen molar-refractivity contribution in [1.82, 2.24) is 0 Å². The van der Waals surface area contributed by atoms with E-state index in [-0.39, 0.29) is 11.6 Å². The summed E-state index contributed by atoms with van der Waals surface area (Å²) in [5.74, 6) is -2.40. The first-order valence-corrected chi connectivity index (χ1v) is 12.4. The standard InChI is InChI=1S/C31H30F4/c1-2-3-4-5-6-7-21-9-15-26(29(33)18-21)24-14-16-27-25(20-24)13-12-23(31(27)35)11-8-22-10-17-28(32)30(34)19-22/h9-10,12-20H,2-8,11H2,1H3. The molecule has 0 N–H and O–H groups in total. The second-order valence-electron chi connectivity index (χ2n) is 9.20. The Hall–Kier alpha value is -3.14. The van der Waals surface area contributed by atoms with Crippen LogP contribution in [0.4, 0.5) is 17.6 Å². The van der Waals surface area contributed by atoms with Crippen molar-refractivity contribution in [2.75, 3.05) is 0 Å². The molecule has 0 saturated heterocycles. The van der Waals surface area contributed by atoms with Gasteiger partial charge in [-0.25, -0.2) is 17.6 Å². The van der Waals surface area contributed by atoms with Crippen LogP contribution in [0.25, 0.3) is 21.9 Å². The number of aryl methyl sites for hydroxylation is 3. The molecule has 0 unspecified atom stereocenters. The molecular weight excluding hydrogens is 448 g/mol. The third kappa shape index (κ3) is 6.11. The van der Waals surface area contributed by atoms with Gasteiger partial charge in [0.15, 0.2) is 11.6 Å². The highest BCUT2D eigenvalue weighted by Gasteiger charge is 2.12. The Balaban J connectivity index is 1.48. The van der Waals surface area contributed by atoms with E-state index in [2.05, 4.69) is 6.92 Å². The van der Waals surface area contributed by atoms with E-state index in [0.29, 0.717) is 45.9 Å². The van der Waals surface area contributed by atoms with E-state index in [1.165, 1.54) is 25.3 Å². The second kappa shape index (κ2) is 11.5. The SMILES string of the molecule is CCCCCCCc1ccc(-c2ccc3c(F)c(CCc4ccc(F)c(F)c4)ccc3c2)c(F)c1. The van der Waals surface area contributed by atoms with Crippen LogP contribution in [0.1, 0.15) is 55.7 Å². The fourth-order valence-electron chi connectivity index (χ4n) is 4.55. The van der Waals surface area contributed by atoms with Gasteiger partial charge in [0.2, 0.25) is 0 Å². The summed E-state index contributed by atoms with van der Waals surface area (Å²) >= 11 is 0.